The molecule has 1 saturated heterocycles. The zero-order valence-corrected chi connectivity index (χ0v) is 8.65. The minimum absolute atomic E-state index is 0.0279. The van der Waals surface area contributed by atoms with Crippen molar-refractivity contribution in [1.29, 1.82) is 0 Å². The van der Waals surface area contributed by atoms with Crippen molar-refractivity contribution in [3.63, 3.8) is 0 Å². The molecule has 0 aliphatic carbocycles. The Bertz CT molecular complexity index is 198. The average Bonchev–Trinajstić information content (AvgIpc) is 2.09. The molecule has 0 bridgehead atoms. The highest BCUT2D eigenvalue weighted by atomic mass is 32.2. The van der Waals surface area contributed by atoms with Crippen LogP contribution in [-0.4, -0.2) is 41.3 Å². The van der Waals surface area contributed by atoms with Crippen molar-refractivity contribution in [3.05, 3.63) is 0 Å². The molecular formula is C8H16N2O2S. The fraction of sp³-hybridized carbons (Fsp3) is 0.875. The first kappa shape index (κ1) is 10.7. The number of likely N-dealkylation sites (N-methyl/N-ethyl adjacent to an activating group) is 1. The summed E-state index contributed by atoms with van der Waals surface area (Å²) in [6.07, 6.45) is 1.70. The molecule has 13 heavy (non-hydrogen) atoms. The molecule has 0 spiro atoms. The SMILES string of the molecule is CNCC(=O)NC1CCS(=O)CC1. The van der Waals surface area contributed by atoms with E-state index in [4.69, 9.17) is 0 Å². The van der Waals surface area contributed by atoms with E-state index in [1.54, 1.807) is 7.05 Å². The molecule has 76 valence electrons. The zero-order chi connectivity index (χ0) is 9.68. The molecule has 0 aromatic carbocycles. The zero-order valence-electron chi connectivity index (χ0n) is 7.84. The minimum atomic E-state index is -0.646. The number of nitrogens with one attached hydrogen (secondary N) is 2. The van der Waals surface area contributed by atoms with Gasteiger partial charge in [0.2, 0.25) is 5.91 Å². The number of amides is 1. The maximum absolute atomic E-state index is 11.1. The maximum atomic E-state index is 11.1. The van der Waals surface area contributed by atoms with Gasteiger partial charge < -0.3 is 10.6 Å². The molecule has 0 atom stereocenters. The fourth-order valence-corrected chi connectivity index (χ4v) is 2.68. The number of hydrogen-bond acceptors (Lipinski definition) is 3. The molecule has 0 saturated carbocycles. The Balaban J connectivity index is 2.22. The minimum Gasteiger partial charge on any atom is -0.352 e. The van der Waals surface area contributed by atoms with Crippen LogP contribution in [0.4, 0.5) is 0 Å². The third-order valence-electron chi connectivity index (χ3n) is 2.09. The monoisotopic (exact) mass is 204 g/mol. The van der Waals surface area contributed by atoms with Crippen LogP contribution in [0, 0.1) is 0 Å². The second-order valence-corrected chi connectivity index (χ2v) is 4.92. The second kappa shape index (κ2) is 5.34. The van der Waals surface area contributed by atoms with Crippen molar-refractivity contribution in [2.75, 3.05) is 25.1 Å². The summed E-state index contributed by atoms with van der Waals surface area (Å²) in [6.45, 7) is 0.361. The Morgan fingerprint density at radius 3 is 2.62 bits per heavy atom. The molecule has 1 aliphatic rings. The third-order valence-corrected chi connectivity index (χ3v) is 3.47. The average molecular weight is 204 g/mol. The van der Waals surface area contributed by atoms with Crippen molar-refractivity contribution in [1.82, 2.24) is 10.6 Å². The van der Waals surface area contributed by atoms with Gasteiger partial charge in [-0.05, 0) is 19.9 Å². The number of carbonyl (C=O) groups is 1. The van der Waals surface area contributed by atoms with E-state index in [0.29, 0.717) is 6.54 Å². The van der Waals surface area contributed by atoms with Gasteiger partial charge in [-0.3, -0.25) is 9.00 Å². The normalized spacial score (nSPS) is 28.4. The Labute approximate surface area is 80.9 Å². The van der Waals surface area contributed by atoms with E-state index in [-0.39, 0.29) is 11.9 Å². The quantitative estimate of drug-likeness (QED) is 0.635. The van der Waals surface area contributed by atoms with Crippen LogP contribution < -0.4 is 10.6 Å². The van der Waals surface area contributed by atoms with E-state index < -0.39 is 10.8 Å². The van der Waals surface area contributed by atoms with Crippen molar-refractivity contribution in [2.24, 2.45) is 0 Å². The molecule has 2 N–H and O–H groups in total. The lowest BCUT2D eigenvalue weighted by atomic mass is 10.1. The molecule has 0 radical (unpaired) electrons. The standard InChI is InChI=1S/C8H16N2O2S/c1-9-6-8(11)10-7-2-4-13(12)5-3-7/h7,9H,2-6H2,1H3,(H,10,11). The van der Waals surface area contributed by atoms with E-state index in [0.717, 1.165) is 24.3 Å². The largest absolute Gasteiger partial charge is 0.352 e. The van der Waals surface area contributed by atoms with E-state index in [9.17, 15) is 9.00 Å². The van der Waals surface area contributed by atoms with Gasteiger partial charge in [0.1, 0.15) is 0 Å². The summed E-state index contributed by atoms with van der Waals surface area (Å²) in [7, 11) is 1.10. The Hall–Kier alpha value is -0.420. The maximum Gasteiger partial charge on any atom is 0.234 e. The fourth-order valence-electron chi connectivity index (χ4n) is 1.38. The van der Waals surface area contributed by atoms with Gasteiger partial charge in [-0.25, -0.2) is 0 Å². The highest BCUT2D eigenvalue weighted by Gasteiger charge is 2.18. The Morgan fingerprint density at radius 2 is 2.08 bits per heavy atom. The van der Waals surface area contributed by atoms with E-state index in [1.807, 2.05) is 0 Å². The first-order valence-corrected chi connectivity index (χ1v) is 6.00. The smallest absolute Gasteiger partial charge is 0.234 e. The first-order chi connectivity index (χ1) is 6.22. The molecule has 1 heterocycles. The molecule has 1 amide bonds. The van der Waals surface area contributed by atoms with Crippen LogP contribution in [0.25, 0.3) is 0 Å². The van der Waals surface area contributed by atoms with E-state index >= 15 is 0 Å². The summed E-state index contributed by atoms with van der Waals surface area (Å²) in [5.41, 5.74) is 0. The first-order valence-electron chi connectivity index (χ1n) is 4.51. The van der Waals surface area contributed by atoms with Crippen molar-refractivity contribution in [2.45, 2.75) is 18.9 Å². The molecule has 4 nitrogen and oxygen atoms in total. The molecule has 0 unspecified atom stereocenters. The summed E-state index contributed by atoms with van der Waals surface area (Å²) in [5.74, 6) is 1.48. The molecule has 0 aromatic rings. The van der Waals surface area contributed by atoms with Gasteiger partial charge in [0, 0.05) is 28.3 Å². The predicted molar refractivity (Wildman–Crippen MR) is 53.0 cm³/mol. The third kappa shape index (κ3) is 3.87. The van der Waals surface area contributed by atoms with Crippen LogP contribution in [-0.2, 0) is 15.6 Å². The summed E-state index contributed by atoms with van der Waals surface area (Å²) < 4.78 is 11.0. The Kier molecular flexibility index (Phi) is 4.38. The number of carbonyl (C=O) groups excluding carboxylic acids is 1. The Morgan fingerprint density at radius 1 is 1.46 bits per heavy atom. The van der Waals surface area contributed by atoms with E-state index in [1.165, 1.54) is 0 Å². The number of hydrogen-bond donors (Lipinski definition) is 2. The predicted octanol–water partition coefficient (Wildman–Crippen LogP) is -0.767. The van der Waals surface area contributed by atoms with Crippen LogP contribution >= 0.6 is 0 Å². The summed E-state index contributed by atoms with van der Waals surface area (Å²) in [6, 6.07) is 0.235. The summed E-state index contributed by atoms with van der Waals surface area (Å²) in [5, 5.41) is 5.70. The molecule has 1 fully saturated rings. The lowest BCUT2D eigenvalue weighted by molar-refractivity contribution is -0.120. The van der Waals surface area contributed by atoms with Gasteiger partial charge in [-0.2, -0.15) is 0 Å². The van der Waals surface area contributed by atoms with Crippen molar-refractivity contribution < 1.29 is 9.00 Å². The van der Waals surface area contributed by atoms with Gasteiger partial charge in [0.05, 0.1) is 6.54 Å². The summed E-state index contributed by atoms with van der Waals surface area (Å²) >= 11 is 0. The lowest BCUT2D eigenvalue weighted by Gasteiger charge is -2.22. The van der Waals surface area contributed by atoms with Gasteiger partial charge in [-0.1, -0.05) is 0 Å². The number of rotatable bonds is 3. The van der Waals surface area contributed by atoms with Gasteiger partial charge in [0.25, 0.3) is 0 Å². The van der Waals surface area contributed by atoms with Crippen molar-refractivity contribution in [3.8, 4) is 0 Å². The highest BCUT2D eigenvalue weighted by molar-refractivity contribution is 7.85. The molecule has 1 aliphatic heterocycles. The topological polar surface area (TPSA) is 58.2 Å². The van der Waals surface area contributed by atoms with Gasteiger partial charge in [-0.15, -0.1) is 0 Å². The van der Waals surface area contributed by atoms with Crippen LogP contribution in [0.1, 0.15) is 12.8 Å². The molecule has 5 heteroatoms. The summed E-state index contributed by atoms with van der Waals surface area (Å²) in [4.78, 5) is 11.1. The van der Waals surface area contributed by atoms with Crippen LogP contribution in [0.15, 0.2) is 0 Å². The van der Waals surface area contributed by atoms with Gasteiger partial charge in [0.15, 0.2) is 0 Å². The van der Waals surface area contributed by atoms with Crippen LogP contribution in [0.5, 0.6) is 0 Å². The molecule has 1 rings (SSSR count). The van der Waals surface area contributed by atoms with Crippen LogP contribution in [0.2, 0.25) is 0 Å². The lowest BCUT2D eigenvalue weighted by Crippen LogP contribution is -2.42. The molecule has 0 aromatic heterocycles. The second-order valence-electron chi connectivity index (χ2n) is 3.22. The van der Waals surface area contributed by atoms with Crippen molar-refractivity contribution >= 4 is 16.7 Å². The molecular weight excluding hydrogens is 188 g/mol. The van der Waals surface area contributed by atoms with Gasteiger partial charge >= 0.3 is 0 Å². The van der Waals surface area contributed by atoms with E-state index in [2.05, 4.69) is 10.6 Å². The highest BCUT2D eigenvalue weighted by Crippen LogP contribution is 2.08. The van der Waals surface area contributed by atoms with Crippen LogP contribution in [0.3, 0.4) is 0 Å².